The Labute approximate surface area is 117 Å². The minimum Gasteiger partial charge on any atom is -0.497 e. The van der Waals surface area contributed by atoms with Crippen LogP contribution < -0.4 is 10.5 Å². The van der Waals surface area contributed by atoms with Gasteiger partial charge in [-0.05, 0) is 48.7 Å². The second-order valence-electron chi connectivity index (χ2n) is 4.73. The van der Waals surface area contributed by atoms with Gasteiger partial charge in [-0.3, -0.25) is 0 Å². The van der Waals surface area contributed by atoms with E-state index in [0.717, 1.165) is 16.9 Å². The third kappa shape index (κ3) is 2.96. The largest absolute Gasteiger partial charge is 0.497 e. The molecule has 1 atom stereocenters. The highest BCUT2D eigenvalue weighted by atomic mass is 19.1. The Morgan fingerprint density at radius 1 is 1.15 bits per heavy atom. The second kappa shape index (κ2) is 6.01. The van der Waals surface area contributed by atoms with Gasteiger partial charge in [0.2, 0.25) is 0 Å². The van der Waals surface area contributed by atoms with E-state index in [1.54, 1.807) is 13.2 Å². The smallest absolute Gasteiger partial charge is 0.129 e. The van der Waals surface area contributed by atoms with Gasteiger partial charge in [0.05, 0.1) is 7.11 Å². The summed E-state index contributed by atoms with van der Waals surface area (Å²) in [6.45, 7) is 1.90. The predicted molar refractivity (Wildman–Crippen MR) is 74.7 cm³/mol. The zero-order valence-electron chi connectivity index (χ0n) is 11.5. The van der Waals surface area contributed by atoms with Gasteiger partial charge in [0, 0.05) is 11.6 Å². The maximum Gasteiger partial charge on any atom is 0.129 e. The normalized spacial score (nSPS) is 12.2. The van der Waals surface area contributed by atoms with E-state index in [4.69, 9.17) is 10.5 Å². The molecular formula is C16H17F2NO. The van der Waals surface area contributed by atoms with Crippen molar-refractivity contribution in [1.82, 2.24) is 0 Å². The van der Waals surface area contributed by atoms with E-state index in [-0.39, 0.29) is 12.0 Å². The van der Waals surface area contributed by atoms with Crippen LogP contribution in [0.3, 0.4) is 0 Å². The maximum atomic E-state index is 13.6. The molecule has 2 aromatic carbocycles. The van der Waals surface area contributed by atoms with E-state index < -0.39 is 17.7 Å². The molecule has 2 aromatic rings. The number of nitrogens with two attached hydrogens (primary N) is 1. The molecule has 2 nitrogen and oxygen atoms in total. The zero-order valence-corrected chi connectivity index (χ0v) is 11.5. The molecule has 106 valence electrons. The first-order chi connectivity index (χ1) is 9.52. The first kappa shape index (κ1) is 14.5. The molecule has 0 heterocycles. The van der Waals surface area contributed by atoms with Gasteiger partial charge in [0.1, 0.15) is 17.4 Å². The molecule has 0 spiro atoms. The van der Waals surface area contributed by atoms with Crippen LogP contribution in [-0.4, -0.2) is 7.11 Å². The summed E-state index contributed by atoms with van der Waals surface area (Å²) in [7, 11) is 1.59. The van der Waals surface area contributed by atoms with Crippen molar-refractivity contribution in [2.75, 3.05) is 7.11 Å². The monoisotopic (exact) mass is 277 g/mol. The van der Waals surface area contributed by atoms with E-state index in [1.807, 2.05) is 19.1 Å². The van der Waals surface area contributed by atoms with Gasteiger partial charge in [-0.1, -0.05) is 12.1 Å². The van der Waals surface area contributed by atoms with E-state index in [9.17, 15) is 8.78 Å². The lowest BCUT2D eigenvalue weighted by Crippen LogP contribution is -2.16. The predicted octanol–water partition coefficient (Wildman–Crippen LogP) is 3.52. The van der Waals surface area contributed by atoms with Crippen LogP contribution >= 0.6 is 0 Å². The molecule has 20 heavy (non-hydrogen) atoms. The van der Waals surface area contributed by atoms with Crippen LogP contribution in [0.5, 0.6) is 5.75 Å². The van der Waals surface area contributed by atoms with Crippen molar-refractivity contribution in [2.45, 2.75) is 19.4 Å². The van der Waals surface area contributed by atoms with Crippen LogP contribution in [0.1, 0.15) is 22.7 Å². The minimum atomic E-state index is -0.563. The number of hydrogen-bond donors (Lipinski definition) is 1. The van der Waals surface area contributed by atoms with Crippen molar-refractivity contribution in [3.05, 3.63) is 64.7 Å². The van der Waals surface area contributed by atoms with Crippen molar-refractivity contribution in [1.29, 1.82) is 0 Å². The molecule has 0 aromatic heterocycles. The average Bonchev–Trinajstić information content (AvgIpc) is 2.42. The first-order valence-electron chi connectivity index (χ1n) is 6.36. The summed E-state index contributed by atoms with van der Waals surface area (Å²) in [5.41, 5.74) is 7.90. The van der Waals surface area contributed by atoms with Gasteiger partial charge < -0.3 is 10.5 Å². The molecule has 0 amide bonds. The van der Waals surface area contributed by atoms with Crippen LogP contribution in [0, 0.1) is 18.6 Å². The SMILES string of the molecule is COc1ccc(C(N)Cc2c(F)cccc2F)c(C)c1. The molecule has 0 aliphatic rings. The lowest BCUT2D eigenvalue weighted by molar-refractivity contribution is 0.414. The lowest BCUT2D eigenvalue weighted by Gasteiger charge is -2.16. The van der Waals surface area contributed by atoms with Gasteiger partial charge in [-0.15, -0.1) is 0 Å². The van der Waals surface area contributed by atoms with Gasteiger partial charge >= 0.3 is 0 Å². The number of methoxy groups -OCH3 is 1. The van der Waals surface area contributed by atoms with Crippen LogP contribution in [0.4, 0.5) is 8.78 Å². The molecule has 0 radical (unpaired) electrons. The number of rotatable bonds is 4. The van der Waals surface area contributed by atoms with Crippen LogP contribution in [0.15, 0.2) is 36.4 Å². The molecule has 0 aliphatic carbocycles. The van der Waals surface area contributed by atoms with E-state index in [0.29, 0.717) is 0 Å². The fourth-order valence-electron chi connectivity index (χ4n) is 2.25. The molecule has 1 unspecified atom stereocenters. The zero-order chi connectivity index (χ0) is 14.7. The third-order valence-corrected chi connectivity index (χ3v) is 3.36. The fraction of sp³-hybridized carbons (Fsp3) is 0.250. The topological polar surface area (TPSA) is 35.2 Å². The van der Waals surface area contributed by atoms with E-state index in [1.165, 1.54) is 18.2 Å². The fourth-order valence-corrected chi connectivity index (χ4v) is 2.25. The molecule has 0 aliphatic heterocycles. The molecule has 0 saturated heterocycles. The van der Waals surface area contributed by atoms with Crippen LogP contribution in [-0.2, 0) is 6.42 Å². The highest BCUT2D eigenvalue weighted by Crippen LogP contribution is 2.25. The van der Waals surface area contributed by atoms with Crippen molar-refractivity contribution in [3.63, 3.8) is 0 Å². The van der Waals surface area contributed by atoms with E-state index >= 15 is 0 Å². The molecule has 4 heteroatoms. The number of ether oxygens (including phenoxy) is 1. The lowest BCUT2D eigenvalue weighted by atomic mass is 9.95. The Morgan fingerprint density at radius 3 is 2.35 bits per heavy atom. The summed E-state index contributed by atoms with van der Waals surface area (Å²) in [5, 5.41) is 0. The molecule has 2 N–H and O–H groups in total. The van der Waals surface area contributed by atoms with Crippen LogP contribution in [0.2, 0.25) is 0 Å². The standard InChI is InChI=1S/C16H17F2NO/c1-10-8-11(20-2)6-7-12(10)16(19)9-13-14(17)4-3-5-15(13)18/h3-8,16H,9,19H2,1-2H3. The molecule has 0 fully saturated rings. The summed E-state index contributed by atoms with van der Waals surface area (Å²) in [4.78, 5) is 0. The summed E-state index contributed by atoms with van der Waals surface area (Å²) in [6, 6.07) is 8.84. The van der Waals surface area contributed by atoms with Gasteiger partial charge in [-0.25, -0.2) is 8.78 Å². The summed E-state index contributed by atoms with van der Waals surface area (Å²) in [5.74, 6) is -0.395. The van der Waals surface area contributed by atoms with Gasteiger partial charge in [0.25, 0.3) is 0 Å². The molecule has 0 bridgehead atoms. The maximum absolute atomic E-state index is 13.6. The quantitative estimate of drug-likeness (QED) is 0.928. The van der Waals surface area contributed by atoms with Gasteiger partial charge in [-0.2, -0.15) is 0 Å². The Morgan fingerprint density at radius 2 is 1.80 bits per heavy atom. The summed E-state index contributed by atoms with van der Waals surface area (Å²) in [6.07, 6.45) is 0.117. The minimum absolute atomic E-state index is 0.0234. The van der Waals surface area contributed by atoms with Gasteiger partial charge in [0.15, 0.2) is 0 Å². The van der Waals surface area contributed by atoms with E-state index in [2.05, 4.69) is 0 Å². The third-order valence-electron chi connectivity index (χ3n) is 3.36. The highest BCUT2D eigenvalue weighted by Gasteiger charge is 2.16. The Kier molecular flexibility index (Phi) is 4.35. The molecule has 0 saturated carbocycles. The van der Waals surface area contributed by atoms with Crippen molar-refractivity contribution in [3.8, 4) is 5.75 Å². The summed E-state index contributed by atoms with van der Waals surface area (Å²) >= 11 is 0. The molecule has 2 rings (SSSR count). The average molecular weight is 277 g/mol. The van der Waals surface area contributed by atoms with Crippen molar-refractivity contribution < 1.29 is 13.5 Å². The number of hydrogen-bond acceptors (Lipinski definition) is 2. The summed E-state index contributed by atoms with van der Waals surface area (Å²) < 4.78 is 32.4. The first-order valence-corrected chi connectivity index (χ1v) is 6.36. The van der Waals surface area contributed by atoms with Crippen molar-refractivity contribution in [2.24, 2.45) is 5.73 Å². The second-order valence-corrected chi connectivity index (χ2v) is 4.73. The highest BCUT2D eigenvalue weighted by molar-refractivity contribution is 5.37. The van der Waals surface area contributed by atoms with Crippen molar-refractivity contribution >= 4 is 0 Å². The number of halogens is 2. The number of aryl methyl sites for hydroxylation is 1. The number of benzene rings is 2. The van der Waals surface area contributed by atoms with Crippen LogP contribution in [0.25, 0.3) is 0 Å². The molecular weight excluding hydrogens is 260 g/mol. The Balaban J connectivity index is 2.26. The Hall–Kier alpha value is -1.94. The Bertz CT molecular complexity index is 593.